The number of benzene rings is 1. The molecule has 5 nitrogen and oxygen atoms in total. The van der Waals surface area contributed by atoms with E-state index in [0.717, 1.165) is 5.56 Å². The molecule has 0 saturated heterocycles. The number of hydrogen-bond donors (Lipinski definition) is 2. The number of nitrogens with one attached hydrogen (secondary N) is 1. The molecule has 0 aliphatic carbocycles. The van der Waals surface area contributed by atoms with Gasteiger partial charge in [-0.3, -0.25) is 14.5 Å². The summed E-state index contributed by atoms with van der Waals surface area (Å²) in [6, 6.07) is 5.08. The van der Waals surface area contributed by atoms with E-state index in [1.54, 1.807) is 19.2 Å². The van der Waals surface area contributed by atoms with E-state index in [2.05, 4.69) is 5.32 Å². The SMILES string of the molecule is CC(C(=O)O)N(C)CC(=O)NCc1ccc(F)cc1.Cl. The summed E-state index contributed by atoms with van der Waals surface area (Å²) >= 11 is 0. The lowest BCUT2D eigenvalue weighted by atomic mass is 10.2. The highest BCUT2D eigenvalue weighted by Crippen LogP contribution is 2.02. The summed E-state index contributed by atoms with van der Waals surface area (Å²) in [5.74, 6) is -1.58. The molecule has 0 spiro atoms. The van der Waals surface area contributed by atoms with Crippen LogP contribution >= 0.6 is 12.4 Å². The summed E-state index contributed by atoms with van der Waals surface area (Å²) in [4.78, 5) is 23.8. The molecule has 20 heavy (non-hydrogen) atoms. The van der Waals surface area contributed by atoms with Gasteiger partial charge in [0.05, 0.1) is 6.54 Å². The molecule has 7 heteroatoms. The van der Waals surface area contributed by atoms with Crippen LogP contribution in [0.25, 0.3) is 0 Å². The Labute approximate surface area is 123 Å². The van der Waals surface area contributed by atoms with Crippen LogP contribution < -0.4 is 5.32 Å². The zero-order chi connectivity index (χ0) is 14.4. The van der Waals surface area contributed by atoms with Crippen LogP contribution in [0.15, 0.2) is 24.3 Å². The third-order valence-corrected chi connectivity index (χ3v) is 2.81. The summed E-state index contributed by atoms with van der Waals surface area (Å²) in [5, 5.41) is 11.4. The van der Waals surface area contributed by atoms with Crippen molar-refractivity contribution in [2.75, 3.05) is 13.6 Å². The van der Waals surface area contributed by atoms with Crippen LogP contribution in [-0.4, -0.2) is 41.5 Å². The van der Waals surface area contributed by atoms with Gasteiger partial charge in [-0.15, -0.1) is 12.4 Å². The maximum absolute atomic E-state index is 12.7. The van der Waals surface area contributed by atoms with Crippen LogP contribution in [0.4, 0.5) is 4.39 Å². The number of nitrogens with zero attached hydrogens (tertiary/aromatic N) is 1. The fraction of sp³-hybridized carbons (Fsp3) is 0.385. The second-order valence-corrected chi connectivity index (χ2v) is 4.33. The monoisotopic (exact) mass is 304 g/mol. The highest BCUT2D eigenvalue weighted by atomic mass is 35.5. The number of hydrogen-bond acceptors (Lipinski definition) is 3. The number of amides is 1. The van der Waals surface area contributed by atoms with Gasteiger partial charge >= 0.3 is 5.97 Å². The van der Waals surface area contributed by atoms with Crippen molar-refractivity contribution < 1.29 is 19.1 Å². The molecule has 1 atom stereocenters. The predicted molar refractivity (Wildman–Crippen MR) is 75.2 cm³/mol. The van der Waals surface area contributed by atoms with Crippen molar-refractivity contribution in [3.05, 3.63) is 35.6 Å². The Balaban J connectivity index is 0.00000361. The average Bonchev–Trinajstić information content (AvgIpc) is 2.37. The van der Waals surface area contributed by atoms with Gasteiger partial charge < -0.3 is 10.4 Å². The quantitative estimate of drug-likeness (QED) is 0.830. The van der Waals surface area contributed by atoms with Crippen LogP contribution in [0, 0.1) is 5.82 Å². The maximum Gasteiger partial charge on any atom is 0.320 e. The van der Waals surface area contributed by atoms with Gasteiger partial charge in [0, 0.05) is 6.54 Å². The Kier molecular flexibility index (Phi) is 7.79. The number of rotatable bonds is 6. The molecule has 0 radical (unpaired) electrons. The molecular formula is C13H18ClFN2O3. The van der Waals surface area contributed by atoms with Crippen LogP contribution in [0.3, 0.4) is 0 Å². The van der Waals surface area contributed by atoms with E-state index in [-0.39, 0.29) is 37.2 Å². The lowest BCUT2D eigenvalue weighted by Gasteiger charge is -2.20. The third-order valence-electron chi connectivity index (χ3n) is 2.81. The second kappa shape index (κ2) is 8.50. The van der Waals surface area contributed by atoms with Gasteiger partial charge in [0.15, 0.2) is 0 Å². The summed E-state index contributed by atoms with van der Waals surface area (Å²) in [6.07, 6.45) is 0. The van der Waals surface area contributed by atoms with Crippen LogP contribution in [-0.2, 0) is 16.1 Å². The van der Waals surface area contributed by atoms with Gasteiger partial charge in [-0.05, 0) is 31.7 Å². The van der Waals surface area contributed by atoms with E-state index in [9.17, 15) is 14.0 Å². The minimum Gasteiger partial charge on any atom is -0.480 e. The van der Waals surface area contributed by atoms with Crippen molar-refractivity contribution in [1.29, 1.82) is 0 Å². The molecule has 112 valence electrons. The first kappa shape index (κ1) is 18.3. The molecule has 1 rings (SSSR count). The third kappa shape index (κ3) is 5.99. The van der Waals surface area contributed by atoms with Gasteiger partial charge in [0.25, 0.3) is 0 Å². The lowest BCUT2D eigenvalue weighted by Crippen LogP contribution is -2.42. The minimum absolute atomic E-state index is 0. The van der Waals surface area contributed by atoms with E-state index in [1.807, 2.05) is 0 Å². The van der Waals surface area contributed by atoms with Crippen LogP contribution in [0.1, 0.15) is 12.5 Å². The largest absolute Gasteiger partial charge is 0.480 e. The number of aliphatic carboxylic acids is 1. The van der Waals surface area contributed by atoms with Gasteiger partial charge in [0.2, 0.25) is 5.91 Å². The first-order chi connectivity index (χ1) is 8.90. The van der Waals surface area contributed by atoms with Crippen molar-refractivity contribution in [2.45, 2.75) is 19.5 Å². The molecule has 0 aliphatic heterocycles. The Morgan fingerprint density at radius 1 is 1.35 bits per heavy atom. The number of likely N-dealkylation sites (N-methyl/N-ethyl adjacent to an activating group) is 1. The van der Waals surface area contributed by atoms with Crippen molar-refractivity contribution in [2.24, 2.45) is 0 Å². The summed E-state index contributed by atoms with van der Waals surface area (Å²) in [7, 11) is 1.57. The molecule has 1 aromatic carbocycles. The number of carbonyl (C=O) groups excluding carboxylic acids is 1. The Hall–Kier alpha value is -1.66. The highest BCUT2D eigenvalue weighted by Gasteiger charge is 2.18. The topological polar surface area (TPSA) is 69.6 Å². The molecule has 1 aromatic rings. The summed E-state index contributed by atoms with van der Waals surface area (Å²) in [5.41, 5.74) is 0.781. The van der Waals surface area contributed by atoms with Crippen LogP contribution in [0.2, 0.25) is 0 Å². The molecule has 0 heterocycles. The molecule has 1 unspecified atom stereocenters. The van der Waals surface area contributed by atoms with E-state index < -0.39 is 12.0 Å². The fourth-order valence-electron chi connectivity index (χ4n) is 1.41. The zero-order valence-corrected chi connectivity index (χ0v) is 12.1. The van der Waals surface area contributed by atoms with Crippen molar-refractivity contribution >= 4 is 24.3 Å². The molecule has 0 aliphatic rings. The number of carboxylic acids is 1. The summed E-state index contributed by atoms with van der Waals surface area (Å²) in [6.45, 7) is 1.79. The van der Waals surface area contributed by atoms with Crippen molar-refractivity contribution in [1.82, 2.24) is 10.2 Å². The molecule has 0 bridgehead atoms. The predicted octanol–water partition coefficient (Wildman–Crippen LogP) is 1.27. The maximum atomic E-state index is 12.7. The van der Waals surface area contributed by atoms with E-state index in [0.29, 0.717) is 0 Å². The molecule has 0 fully saturated rings. The van der Waals surface area contributed by atoms with Gasteiger partial charge in [-0.1, -0.05) is 12.1 Å². The molecule has 0 saturated carbocycles. The Bertz CT molecular complexity index is 453. The first-order valence-electron chi connectivity index (χ1n) is 5.84. The molecule has 0 aromatic heterocycles. The van der Waals surface area contributed by atoms with Crippen molar-refractivity contribution in [3.63, 3.8) is 0 Å². The number of halogens is 2. The fourth-order valence-corrected chi connectivity index (χ4v) is 1.41. The molecule has 1 amide bonds. The number of carboxylic acid groups (broad SMARTS) is 1. The normalized spacial score (nSPS) is 11.6. The van der Waals surface area contributed by atoms with Crippen molar-refractivity contribution in [3.8, 4) is 0 Å². The highest BCUT2D eigenvalue weighted by molar-refractivity contribution is 5.85. The lowest BCUT2D eigenvalue weighted by molar-refractivity contribution is -0.142. The van der Waals surface area contributed by atoms with Gasteiger partial charge in [-0.2, -0.15) is 0 Å². The Morgan fingerprint density at radius 2 is 1.90 bits per heavy atom. The van der Waals surface area contributed by atoms with Gasteiger partial charge in [-0.25, -0.2) is 4.39 Å². The van der Waals surface area contributed by atoms with E-state index in [4.69, 9.17) is 5.11 Å². The first-order valence-corrected chi connectivity index (χ1v) is 5.84. The average molecular weight is 305 g/mol. The van der Waals surface area contributed by atoms with E-state index >= 15 is 0 Å². The standard InChI is InChI=1S/C13H17FN2O3.ClH/c1-9(13(18)19)16(2)8-12(17)15-7-10-3-5-11(14)6-4-10;/h3-6,9H,7-8H2,1-2H3,(H,15,17)(H,18,19);1H. The number of carbonyl (C=O) groups is 2. The molecule has 2 N–H and O–H groups in total. The van der Waals surface area contributed by atoms with Crippen LogP contribution in [0.5, 0.6) is 0 Å². The minimum atomic E-state index is -0.978. The smallest absolute Gasteiger partial charge is 0.320 e. The zero-order valence-electron chi connectivity index (χ0n) is 11.3. The summed E-state index contributed by atoms with van der Waals surface area (Å²) < 4.78 is 12.7. The second-order valence-electron chi connectivity index (χ2n) is 4.33. The molecular weight excluding hydrogens is 287 g/mol. The van der Waals surface area contributed by atoms with E-state index in [1.165, 1.54) is 24.0 Å². The van der Waals surface area contributed by atoms with Gasteiger partial charge in [0.1, 0.15) is 11.9 Å². The Morgan fingerprint density at radius 3 is 2.40 bits per heavy atom.